The second-order valence-electron chi connectivity index (χ2n) is 5.55. The average molecular weight is 282 g/mol. The van der Waals surface area contributed by atoms with Crippen molar-refractivity contribution in [3.63, 3.8) is 0 Å². The Morgan fingerprint density at radius 1 is 1.30 bits per heavy atom. The van der Waals surface area contributed by atoms with Crippen LogP contribution in [0.4, 0.5) is 8.78 Å². The Hall–Kier alpha value is -1.00. The quantitative estimate of drug-likeness (QED) is 0.888. The summed E-state index contributed by atoms with van der Waals surface area (Å²) in [6, 6.07) is 7.82. The van der Waals surface area contributed by atoms with Crippen LogP contribution in [-0.4, -0.2) is 30.1 Å². The number of hydrogen-bond donors (Lipinski definition) is 1. The van der Waals surface area contributed by atoms with Crippen molar-refractivity contribution in [1.82, 2.24) is 10.2 Å². The van der Waals surface area contributed by atoms with Crippen LogP contribution in [0.5, 0.6) is 0 Å². The highest BCUT2D eigenvalue weighted by atomic mass is 19.3. The Labute approximate surface area is 120 Å². The number of piperazine rings is 1. The van der Waals surface area contributed by atoms with Gasteiger partial charge in [0.25, 0.3) is 6.43 Å². The predicted molar refractivity (Wildman–Crippen MR) is 78.0 cm³/mol. The van der Waals surface area contributed by atoms with Gasteiger partial charge in [0, 0.05) is 37.3 Å². The molecule has 2 rings (SSSR count). The summed E-state index contributed by atoms with van der Waals surface area (Å²) in [6.45, 7) is 7.11. The van der Waals surface area contributed by atoms with E-state index in [2.05, 4.69) is 24.1 Å². The highest BCUT2D eigenvalue weighted by molar-refractivity contribution is 5.24. The fourth-order valence-corrected chi connectivity index (χ4v) is 2.86. The lowest BCUT2D eigenvalue weighted by atomic mass is 10.0. The van der Waals surface area contributed by atoms with E-state index in [4.69, 9.17) is 0 Å². The molecule has 1 fully saturated rings. The summed E-state index contributed by atoms with van der Waals surface area (Å²) in [7, 11) is 0. The third-order valence-corrected chi connectivity index (χ3v) is 4.17. The van der Waals surface area contributed by atoms with E-state index >= 15 is 0 Å². The fourth-order valence-electron chi connectivity index (χ4n) is 2.86. The van der Waals surface area contributed by atoms with E-state index in [1.165, 1.54) is 6.07 Å². The number of alkyl halides is 2. The van der Waals surface area contributed by atoms with Crippen LogP contribution in [0.2, 0.25) is 0 Å². The van der Waals surface area contributed by atoms with Crippen LogP contribution in [0.1, 0.15) is 44.2 Å². The van der Waals surface area contributed by atoms with Crippen molar-refractivity contribution in [1.29, 1.82) is 0 Å². The molecule has 2 nitrogen and oxygen atoms in total. The summed E-state index contributed by atoms with van der Waals surface area (Å²) in [6.07, 6.45) is -0.203. The molecule has 20 heavy (non-hydrogen) atoms. The van der Waals surface area contributed by atoms with Gasteiger partial charge in [-0.25, -0.2) is 8.78 Å². The predicted octanol–water partition coefficient (Wildman–Crippen LogP) is 3.59. The van der Waals surface area contributed by atoms with Crippen molar-refractivity contribution in [3.05, 3.63) is 35.4 Å². The molecule has 1 aromatic rings. The lowest BCUT2D eigenvalue weighted by Crippen LogP contribution is -2.55. The normalized spacial score (nSPS) is 24.2. The molecule has 4 heteroatoms. The van der Waals surface area contributed by atoms with Crippen molar-refractivity contribution in [2.45, 2.75) is 51.7 Å². The number of hydrogen-bond acceptors (Lipinski definition) is 2. The molecule has 0 saturated carbocycles. The molecule has 1 N–H and O–H groups in total. The summed E-state index contributed by atoms with van der Waals surface area (Å²) in [5, 5.41) is 3.55. The zero-order valence-corrected chi connectivity index (χ0v) is 12.3. The molecule has 2 atom stereocenters. The minimum Gasteiger partial charge on any atom is -0.311 e. The topological polar surface area (TPSA) is 15.3 Å². The van der Waals surface area contributed by atoms with Gasteiger partial charge < -0.3 is 5.32 Å². The van der Waals surface area contributed by atoms with Crippen LogP contribution in [0, 0.1) is 0 Å². The van der Waals surface area contributed by atoms with Crippen LogP contribution >= 0.6 is 0 Å². The number of nitrogens with zero attached hydrogens (tertiary/aromatic N) is 1. The number of nitrogens with one attached hydrogen (secondary N) is 1. The molecule has 0 radical (unpaired) electrons. The molecule has 1 aromatic carbocycles. The largest absolute Gasteiger partial charge is 0.311 e. The van der Waals surface area contributed by atoms with Crippen molar-refractivity contribution in [2.24, 2.45) is 0 Å². The second-order valence-corrected chi connectivity index (χ2v) is 5.55. The van der Waals surface area contributed by atoms with Gasteiger partial charge in [0.05, 0.1) is 0 Å². The molecule has 0 spiro atoms. The van der Waals surface area contributed by atoms with Crippen molar-refractivity contribution < 1.29 is 8.78 Å². The minimum absolute atomic E-state index is 0.123. The van der Waals surface area contributed by atoms with Crippen LogP contribution in [0.15, 0.2) is 24.3 Å². The lowest BCUT2D eigenvalue weighted by molar-refractivity contribution is 0.117. The van der Waals surface area contributed by atoms with Gasteiger partial charge in [-0.05, 0) is 24.5 Å². The maximum Gasteiger partial charge on any atom is 0.263 e. The Bertz CT molecular complexity index is 423. The molecule has 1 aliphatic rings. The summed E-state index contributed by atoms with van der Waals surface area (Å²) in [5.74, 6) is 0. The number of benzene rings is 1. The van der Waals surface area contributed by atoms with Gasteiger partial charge in [-0.2, -0.15) is 0 Å². The SMILES string of the molecule is CCC1CN(Cc2cccc(C(F)F)c2)C(CC)CN1. The van der Waals surface area contributed by atoms with Crippen LogP contribution in [-0.2, 0) is 6.54 Å². The Balaban J connectivity index is 2.07. The molecular weight excluding hydrogens is 258 g/mol. The minimum atomic E-state index is -2.39. The van der Waals surface area contributed by atoms with Gasteiger partial charge in [-0.1, -0.05) is 32.0 Å². The van der Waals surface area contributed by atoms with Gasteiger partial charge in [-0.15, -0.1) is 0 Å². The van der Waals surface area contributed by atoms with Crippen molar-refractivity contribution >= 4 is 0 Å². The van der Waals surface area contributed by atoms with Crippen LogP contribution in [0.25, 0.3) is 0 Å². The van der Waals surface area contributed by atoms with Crippen molar-refractivity contribution in [3.8, 4) is 0 Å². The summed E-state index contributed by atoms with van der Waals surface area (Å²) in [5.41, 5.74) is 1.11. The molecule has 0 aliphatic carbocycles. The van der Waals surface area contributed by atoms with E-state index in [-0.39, 0.29) is 5.56 Å². The molecule has 0 aromatic heterocycles. The Kier molecular flexibility index (Phi) is 5.49. The molecule has 1 heterocycles. The maximum absolute atomic E-state index is 12.8. The third-order valence-electron chi connectivity index (χ3n) is 4.17. The highest BCUT2D eigenvalue weighted by Crippen LogP contribution is 2.22. The van der Waals surface area contributed by atoms with Gasteiger partial charge in [0.2, 0.25) is 0 Å². The zero-order valence-electron chi connectivity index (χ0n) is 12.3. The van der Waals surface area contributed by atoms with E-state index in [1.807, 2.05) is 6.07 Å². The first-order valence-electron chi connectivity index (χ1n) is 7.48. The molecule has 0 amide bonds. The van der Waals surface area contributed by atoms with Crippen LogP contribution < -0.4 is 5.32 Å². The molecule has 1 aliphatic heterocycles. The molecule has 112 valence electrons. The Morgan fingerprint density at radius 3 is 2.75 bits per heavy atom. The molecule has 2 unspecified atom stereocenters. The van der Waals surface area contributed by atoms with Gasteiger partial charge in [0.1, 0.15) is 0 Å². The van der Waals surface area contributed by atoms with E-state index in [0.29, 0.717) is 12.1 Å². The standard InChI is InChI=1S/C16H24F2N2/c1-3-14-11-20(15(4-2)9-19-14)10-12-6-5-7-13(8-12)16(17)18/h5-8,14-16,19H,3-4,9-11H2,1-2H3. The van der Waals surface area contributed by atoms with Gasteiger partial charge in [-0.3, -0.25) is 4.90 Å². The average Bonchev–Trinajstić information content (AvgIpc) is 2.47. The van der Waals surface area contributed by atoms with E-state index < -0.39 is 6.43 Å². The summed E-state index contributed by atoms with van der Waals surface area (Å²) in [4.78, 5) is 2.43. The summed E-state index contributed by atoms with van der Waals surface area (Å²) >= 11 is 0. The van der Waals surface area contributed by atoms with E-state index in [0.717, 1.165) is 38.0 Å². The van der Waals surface area contributed by atoms with Crippen molar-refractivity contribution in [2.75, 3.05) is 13.1 Å². The zero-order chi connectivity index (χ0) is 14.5. The monoisotopic (exact) mass is 282 g/mol. The molecule has 0 bridgehead atoms. The first kappa shape index (κ1) is 15.4. The third kappa shape index (κ3) is 3.76. The number of halogens is 2. The molecule has 1 saturated heterocycles. The smallest absolute Gasteiger partial charge is 0.263 e. The lowest BCUT2D eigenvalue weighted by Gasteiger charge is -2.40. The first-order valence-corrected chi connectivity index (χ1v) is 7.48. The summed E-state index contributed by atoms with van der Waals surface area (Å²) < 4.78 is 25.5. The number of rotatable bonds is 5. The molecular formula is C16H24F2N2. The van der Waals surface area contributed by atoms with E-state index in [1.54, 1.807) is 12.1 Å². The highest BCUT2D eigenvalue weighted by Gasteiger charge is 2.25. The second kappa shape index (κ2) is 7.14. The van der Waals surface area contributed by atoms with Gasteiger partial charge >= 0.3 is 0 Å². The van der Waals surface area contributed by atoms with Gasteiger partial charge in [0.15, 0.2) is 0 Å². The fraction of sp³-hybridized carbons (Fsp3) is 0.625. The Morgan fingerprint density at radius 2 is 2.10 bits per heavy atom. The first-order chi connectivity index (χ1) is 9.63. The van der Waals surface area contributed by atoms with Crippen LogP contribution in [0.3, 0.4) is 0 Å². The maximum atomic E-state index is 12.8. The van der Waals surface area contributed by atoms with E-state index in [9.17, 15) is 8.78 Å².